The van der Waals surface area contributed by atoms with Crippen LogP contribution in [-0.4, -0.2) is 17.7 Å². The Balaban J connectivity index is 2.44. The van der Waals surface area contributed by atoms with Crippen LogP contribution >= 0.6 is 23.4 Å². The quantitative estimate of drug-likeness (QED) is 0.824. The first-order chi connectivity index (χ1) is 7.09. The Bertz CT molecular complexity index is 341. The van der Waals surface area contributed by atoms with Crippen LogP contribution in [0.15, 0.2) is 29.2 Å². The summed E-state index contributed by atoms with van der Waals surface area (Å²) in [7, 11) is 0. The number of carbonyl (C=O) groups is 1. The van der Waals surface area contributed by atoms with Crippen molar-refractivity contribution in [1.29, 1.82) is 0 Å². The van der Waals surface area contributed by atoms with Gasteiger partial charge >= 0.3 is 0 Å². The Labute approximate surface area is 99.4 Å². The molecule has 2 nitrogen and oxygen atoms in total. The highest BCUT2D eigenvalue weighted by molar-refractivity contribution is 8.00. The number of hydrogen-bond donors (Lipinski definition) is 1. The van der Waals surface area contributed by atoms with E-state index in [0.717, 1.165) is 4.90 Å². The minimum absolute atomic E-state index is 0.0370. The molecular formula is C11H14ClNOS. The fourth-order valence-corrected chi connectivity index (χ4v) is 2.12. The molecule has 82 valence electrons. The topological polar surface area (TPSA) is 29.1 Å². The molecule has 1 amide bonds. The lowest BCUT2D eigenvalue weighted by atomic mass is 10.4. The SMILES string of the molecule is CC(C)NC(=O)CSc1ccccc1Cl. The number of thioether (sulfide) groups is 1. The molecule has 0 bridgehead atoms. The molecule has 4 heteroatoms. The van der Waals surface area contributed by atoms with Crippen LogP contribution in [-0.2, 0) is 4.79 Å². The second-order valence-corrected chi connectivity index (χ2v) is 4.87. The highest BCUT2D eigenvalue weighted by Gasteiger charge is 2.05. The van der Waals surface area contributed by atoms with Gasteiger partial charge in [-0.1, -0.05) is 23.7 Å². The zero-order valence-electron chi connectivity index (χ0n) is 8.79. The lowest BCUT2D eigenvalue weighted by Gasteiger charge is -2.08. The van der Waals surface area contributed by atoms with Crippen molar-refractivity contribution in [2.75, 3.05) is 5.75 Å². The number of benzene rings is 1. The largest absolute Gasteiger partial charge is 0.353 e. The highest BCUT2D eigenvalue weighted by Crippen LogP contribution is 2.26. The molecule has 1 aromatic carbocycles. The molecule has 0 aliphatic heterocycles. The maximum Gasteiger partial charge on any atom is 0.230 e. The average molecular weight is 244 g/mol. The van der Waals surface area contributed by atoms with Gasteiger partial charge < -0.3 is 5.32 Å². The smallest absolute Gasteiger partial charge is 0.230 e. The van der Waals surface area contributed by atoms with E-state index < -0.39 is 0 Å². The fourth-order valence-electron chi connectivity index (χ4n) is 1.07. The summed E-state index contributed by atoms with van der Waals surface area (Å²) in [5, 5.41) is 3.52. The van der Waals surface area contributed by atoms with E-state index in [1.54, 1.807) is 0 Å². The number of nitrogens with one attached hydrogen (secondary N) is 1. The minimum Gasteiger partial charge on any atom is -0.353 e. The van der Waals surface area contributed by atoms with Gasteiger partial charge in [-0.25, -0.2) is 0 Å². The minimum atomic E-state index is 0.0370. The van der Waals surface area contributed by atoms with Crippen LogP contribution < -0.4 is 5.32 Å². The van der Waals surface area contributed by atoms with Gasteiger partial charge in [-0.05, 0) is 26.0 Å². The van der Waals surface area contributed by atoms with Crippen molar-refractivity contribution >= 4 is 29.3 Å². The van der Waals surface area contributed by atoms with E-state index in [1.807, 2.05) is 38.1 Å². The lowest BCUT2D eigenvalue weighted by Crippen LogP contribution is -2.31. The number of halogens is 1. The molecule has 0 fully saturated rings. The normalized spacial score (nSPS) is 10.4. The van der Waals surface area contributed by atoms with Crippen LogP contribution in [0.25, 0.3) is 0 Å². The van der Waals surface area contributed by atoms with Crippen molar-refractivity contribution in [1.82, 2.24) is 5.32 Å². The molecular weight excluding hydrogens is 230 g/mol. The Kier molecular flexibility index (Phi) is 4.99. The Morgan fingerprint density at radius 2 is 2.13 bits per heavy atom. The molecule has 1 rings (SSSR count). The van der Waals surface area contributed by atoms with E-state index in [1.165, 1.54) is 11.8 Å². The van der Waals surface area contributed by atoms with Gasteiger partial charge in [0.2, 0.25) is 5.91 Å². The molecule has 0 saturated carbocycles. The Morgan fingerprint density at radius 3 is 2.73 bits per heavy atom. The zero-order chi connectivity index (χ0) is 11.3. The first-order valence-electron chi connectivity index (χ1n) is 4.76. The van der Waals surface area contributed by atoms with E-state index in [2.05, 4.69) is 5.32 Å². The third-order valence-corrected chi connectivity index (χ3v) is 3.16. The molecule has 0 spiro atoms. The van der Waals surface area contributed by atoms with E-state index in [-0.39, 0.29) is 11.9 Å². The van der Waals surface area contributed by atoms with Gasteiger partial charge in [-0.15, -0.1) is 11.8 Å². The van der Waals surface area contributed by atoms with Gasteiger partial charge in [0.05, 0.1) is 10.8 Å². The number of carbonyl (C=O) groups excluding carboxylic acids is 1. The molecule has 1 aromatic rings. The summed E-state index contributed by atoms with van der Waals surface area (Å²) >= 11 is 7.41. The molecule has 1 N–H and O–H groups in total. The second kappa shape index (κ2) is 6.03. The van der Waals surface area contributed by atoms with Crippen molar-refractivity contribution in [3.05, 3.63) is 29.3 Å². The van der Waals surface area contributed by atoms with Gasteiger partial charge in [-0.3, -0.25) is 4.79 Å². The van der Waals surface area contributed by atoms with Gasteiger partial charge in [-0.2, -0.15) is 0 Å². The van der Waals surface area contributed by atoms with Crippen LogP contribution in [0.2, 0.25) is 5.02 Å². The molecule has 0 saturated heterocycles. The van der Waals surface area contributed by atoms with Crippen LogP contribution in [0.3, 0.4) is 0 Å². The summed E-state index contributed by atoms with van der Waals surface area (Å²) in [6.45, 7) is 3.89. The van der Waals surface area contributed by atoms with Crippen molar-refractivity contribution in [2.45, 2.75) is 24.8 Å². The van der Waals surface area contributed by atoms with Gasteiger partial charge in [0.1, 0.15) is 0 Å². The molecule has 0 aromatic heterocycles. The number of hydrogen-bond acceptors (Lipinski definition) is 2. The van der Waals surface area contributed by atoms with Gasteiger partial charge in [0.15, 0.2) is 0 Å². The molecule has 0 aliphatic carbocycles. The van der Waals surface area contributed by atoms with Crippen molar-refractivity contribution in [3.63, 3.8) is 0 Å². The summed E-state index contributed by atoms with van der Waals surface area (Å²) in [4.78, 5) is 12.3. The predicted octanol–water partition coefficient (Wildman–Crippen LogP) is 2.96. The van der Waals surface area contributed by atoms with Crippen LogP contribution in [0.5, 0.6) is 0 Å². The first-order valence-corrected chi connectivity index (χ1v) is 6.12. The third kappa shape index (κ3) is 4.58. The zero-order valence-corrected chi connectivity index (χ0v) is 10.4. The molecule has 0 unspecified atom stereocenters. The second-order valence-electron chi connectivity index (χ2n) is 3.44. The predicted molar refractivity (Wildman–Crippen MR) is 65.5 cm³/mol. The summed E-state index contributed by atoms with van der Waals surface area (Å²) in [5.41, 5.74) is 0. The Hall–Kier alpha value is -0.670. The highest BCUT2D eigenvalue weighted by atomic mass is 35.5. The molecule has 0 radical (unpaired) electrons. The summed E-state index contributed by atoms with van der Waals surface area (Å²) in [6.07, 6.45) is 0. The first kappa shape index (κ1) is 12.4. The van der Waals surface area contributed by atoms with Crippen LogP contribution in [0, 0.1) is 0 Å². The van der Waals surface area contributed by atoms with Crippen LogP contribution in [0.4, 0.5) is 0 Å². The summed E-state index contributed by atoms with van der Waals surface area (Å²) in [5.74, 6) is 0.442. The molecule has 0 atom stereocenters. The van der Waals surface area contributed by atoms with Crippen molar-refractivity contribution < 1.29 is 4.79 Å². The van der Waals surface area contributed by atoms with E-state index in [9.17, 15) is 4.79 Å². The number of amides is 1. The summed E-state index contributed by atoms with van der Waals surface area (Å²) in [6, 6.07) is 7.71. The standard InChI is InChI=1S/C11H14ClNOS/c1-8(2)13-11(14)7-15-10-6-4-3-5-9(10)12/h3-6,8H,7H2,1-2H3,(H,13,14). The number of rotatable bonds is 4. The maximum absolute atomic E-state index is 11.4. The van der Waals surface area contributed by atoms with Crippen molar-refractivity contribution in [2.24, 2.45) is 0 Å². The Morgan fingerprint density at radius 1 is 1.47 bits per heavy atom. The monoisotopic (exact) mass is 243 g/mol. The van der Waals surface area contributed by atoms with Crippen LogP contribution in [0.1, 0.15) is 13.8 Å². The van der Waals surface area contributed by atoms with E-state index in [0.29, 0.717) is 10.8 Å². The molecule has 0 heterocycles. The van der Waals surface area contributed by atoms with Gasteiger partial charge in [0, 0.05) is 10.9 Å². The van der Waals surface area contributed by atoms with Gasteiger partial charge in [0.25, 0.3) is 0 Å². The third-order valence-electron chi connectivity index (χ3n) is 1.65. The average Bonchev–Trinajstić information content (AvgIpc) is 2.15. The lowest BCUT2D eigenvalue weighted by molar-refractivity contribution is -0.119. The summed E-state index contributed by atoms with van der Waals surface area (Å²) < 4.78 is 0. The van der Waals surface area contributed by atoms with Crippen molar-refractivity contribution in [3.8, 4) is 0 Å². The molecule has 15 heavy (non-hydrogen) atoms. The fraction of sp³-hybridized carbons (Fsp3) is 0.364. The maximum atomic E-state index is 11.4. The van der Waals surface area contributed by atoms with E-state index in [4.69, 9.17) is 11.6 Å². The molecule has 0 aliphatic rings. The van der Waals surface area contributed by atoms with E-state index >= 15 is 0 Å².